The summed E-state index contributed by atoms with van der Waals surface area (Å²) in [5, 5.41) is 10.1. The fraction of sp³-hybridized carbons (Fsp3) is 0.0192. The topological polar surface area (TPSA) is 26.2 Å². The monoisotopic (exact) mass is 1410 g/mol. The standard InChI is InChI=1S/C54H37N3.C50H37N3/c1-4-14-38(15-5-1)40-26-34-53-49(36-40)50-37-41(27-35-54(50)56(53)43-18-8-3-9-19-43)39-24-28-44(29-25-39)55(42-16-6-2-7-17-42)45-30-32-46(33-31-45)57-51-22-12-10-20-47(51)48-21-11-13-23-52(48)57;1-2-35-21-31-49-45(33-35)46-34-37(24-32-50(46)52(49)39-15-7-4-8-16-39)36-22-25-40(26-23-36)51(38-13-5-3-6-14-38)41-27-29-42(30-28-41)53-47-19-11-9-17-43(47)44-18-10-12-20-48(44)53/h1-37H;3-34H,2H2,1H3. The molecule has 6 heteroatoms. The maximum absolute atomic E-state index is 2.39. The lowest BCUT2D eigenvalue weighted by molar-refractivity contribution is 1.14. The van der Waals surface area contributed by atoms with E-state index >= 15 is 0 Å². The van der Waals surface area contributed by atoms with E-state index in [2.05, 4.69) is 454 Å². The molecule has 0 atom stereocenters. The maximum atomic E-state index is 2.39. The van der Waals surface area contributed by atoms with E-state index in [1.807, 2.05) is 0 Å². The molecule has 0 radical (unpaired) electrons. The van der Waals surface area contributed by atoms with E-state index in [1.54, 1.807) is 0 Å². The fourth-order valence-corrected chi connectivity index (χ4v) is 16.8. The van der Waals surface area contributed by atoms with Crippen molar-refractivity contribution in [2.45, 2.75) is 13.3 Å². The van der Waals surface area contributed by atoms with Gasteiger partial charge in [0.1, 0.15) is 0 Å². The Labute approximate surface area is 639 Å². The van der Waals surface area contributed by atoms with Crippen LogP contribution in [-0.2, 0) is 6.42 Å². The number of aromatic nitrogens is 4. The molecule has 17 aromatic carbocycles. The Hall–Kier alpha value is -14.5. The van der Waals surface area contributed by atoms with Gasteiger partial charge in [0, 0.05) is 100.0 Å². The van der Waals surface area contributed by atoms with Crippen LogP contribution >= 0.6 is 0 Å². The predicted molar refractivity (Wildman–Crippen MR) is 465 cm³/mol. The van der Waals surface area contributed by atoms with E-state index in [4.69, 9.17) is 0 Å². The molecule has 0 amide bonds. The molecule has 21 rings (SSSR count). The minimum Gasteiger partial charge on any atom is -0.311 e. The summed E-state index contributed by atoms with van der Waals surface area (Å²) in [6.45, 7) is 2.23. The SMILES string of the molecule is CCc1ccc2c(c1)c1cc(-c3ccc(N(c4ccccc4)c4ccc(-n5c6ccccc6c6ccccc65)cc4)cc3)ccc1n2-c1ccccc1.c1ccc(-c2ccc3c(c2)c2cc(-c4ccc(N(c5ccccc5)c5ccc(-n6c7ccccc7c7ccccc76)cc5)cc4)ccc2n3-c2ccccc2)cc1. The van der Waals surface area contributed by atoms with Gasteiger partial charge in [0.2, 0.25) is 0 Å². The van der Waals surface area contributed by atoms with Crippen LogP contribution in [-0.4, -0.2) is 18.3 Å². The summed E-state index contributed by atoms with van der Waals surface area (Å²) in [4.78, 5) is 4.67. The van der Waals surface area contributed by atoms with Gasteiger partial charge >= 0.3 is 0 Å². The predicted octanol–water partition coefficient (Wildman–Crippen LogP) is 28.3. The van der Waals surface area contributed by atoms with Crippen molar-refractivity contribution < 1.29 is 0 Å². The zero-order valence-electron chi connectivity index (χ0n) is 60.7. The van der Waals surface area contributed by atoms with Crippen molar-refractivity contribution in [3.8, 4) is 56.1 Å². The second kappa shape index (κ2) is 27.8. The first-order valence-corrected chi connectivity index (χ1v) is 37.9. The quantitative estimate of drug-likeness (QED) is 0.108. The maximum Gasteiger partial charge on any atom is 0.0541 e. The van der Waals surface area contributed by atoms with Crippen LogP contribution in [0.1, 0.15) is 12.5 Å². The molecule has 0 spiro atoms. The van der Waals surface area contributed by atoms with Gasteiger partial charge in [-0.3, -0.25) is 0 Å². The Morgan fingerprint density at radius 3 is 0.727 bits per heavy atom. The Bertz CT molecular complexity index is 6830. The molecule has 0 unspecified atom stereocenters. The van der Waals surface area contributed by atoms with Crippen LogP contribution in [0.5, 0.6) is 0 Å². The van der Waals surface area contributed by atoms with Gasteiger partial charge in [0.15, 0.2) is 0 Å². The lowest BCUT2D eigenvalue weighted by Gasteiger charge is -2.26. The van der Waals surface area contributed by atoms with Crippen molar-refractivity contribution in [1.82, 2.24) is 18.3 Å². The molecule has 21 aromatic rings. The Morgan fingerprint density at radius 1 is 0.173 bits per heavy atom. The molecule has 6 nitrogen and oxygen atoms in total. The van der Waals surface area contributed by atoms with E-state index in [0.29, 0.717) is 0 Å². The highest BCUT2D eigenvalue weighted by Gasteiger charge is 2.22. The van der Waals surface area contributed by atoms with Gasteiger partial charge in [0.25, 0.3) is 0 Å². The molecule has 0 aliphatic rings. The lowest BCUT2D eigenvalue weighted by atomic mass is 10.00. The molecular formula is C104H74N6. The number of nitrogens with zero attached hydrogens (tertiary/aromatic N) is 6. The third-order valence-electron chi connectivity index (χ3n) is 22.0. The van der Waals surface area contributed by atoms with E-state index in [0.717, 1.165) is 57.6 Å². The summed E-state index contributed by atoms with van der Waals surface area (Å²) in [6.07, 6.45) is 1.01. The zero-order valence-corrected chi connectivity index (χ0v) is 60.7. The van der Waals surface area contributed by atoms with Gasteiger partial charge in [-0.1, -0.05) is 231 Å². The average Bonchev–Trinajstić information content (AvgIpc) is 1.63. The van der Waals surface area contributed by atoms with Crippen LogP contribution in [0.25, 0.3) is 143 Å². The minimum atomic E-state index is 1.01. The van der Waals surface area contributed by atoms with Crippen molar-refractivity contribution in [1.29, 1.82) is 0 Å². The second-order valence-electron chi connectivity index (χ2n) is 28.3. The third-order valence-corrected chi connectivity index (χ3v) is 22.0. The van der Waals surface area contributed by atoms with Gasteiger partial charge in [0.05, 0.1) is 44.1 Å². The molecule has 0 N–H and O–H groups in total. The average molecular weight is 1410 g/mol. The van der Waals surface area contributed by atoms with Crippen molar-refractivity contribution in [3.63, 3.8) is 0 Å². The molecule has 0 aliphatic carbocycles. The van der Waals surface area contributed by atoms with Crippen LogP contribution < -0.4 is 9.80 Å². The molecule has 0 aliphatic heterocycles. The number of para-hydroxylation sites is 8. The first-order chi connectivity index (χ1) is 54.5. The number of hydrogen-bond donors (Lipinski definition) is 0. The number of aryl methyl sites for hydroxylation is 1. The van der Waals surface area contributed by atoms with Gasteiger partial charge < -0.3 is 28.1 Å². The van der Waals surface area contributed by atoms with Crippen LogP contribution in [0.15, 0.2) is 419 Å². The van der Waals surface area contributed by atoms with Gasteiger partial charge in [-0.2, -0.15) is 0 Å². The number of rotatable bonds is 14. The molecule has 4 aromatic heterocycles. The lowest BCUT2D eigenvalue weighted by Crippen LogP contribution is -2.10. The van der Waals surface area contributed by atoms with Crippen molar-refractivity contribution >= 4 is 121 Å². The Kier molecular flexibility index (Phi) is 16.4. The largest absolute Gasteiger partial charge is 0.311 e. The number of benzene rings is 17. The summed E-state index contributed by atoms with van der Waals surface area (Å²) in [5.74, 6) is 0. The first kappa shape index (κ1) is 65.1. The van der Waals surface area contributed by atoms with Crippen LogP contribution in [0.3, 0.4) is 0 Å². The highest BCUT2D eigenvalue weighted by atomic mass is 15.1. The number of fused-ring (bicyclic) bond motifs is 12. The number of hydrogen-bond acceptors (Lipinski definition) is 2. The van der Waals surface area contributed by atoms with E-state index in [9.17, 15) is 0 Å². The van der Waals surface area contributed by atoms with E-state index in [-0.39, 0.29) is 0 Å². The highest BCUT2D eigenvalue weighted by molar-refractivity contribution is 6.14. The van der Waals surface area contributed by atoms with Crippen molar-refractivity contribution in [2.75, 3.05) is 9.80 Å². The second-order valence-corrected chi connectivity index (χ2v) is 28.3. The molecule has 520 valence electrons. The van der Waals surface area contributed by atoms with Gasteiger partial charge in [-0.05, 0) is 239 Å². The van der Waals surface area contributed by atoms with E-state index in [1.165, 1.54) is 132 Å². The molecule has 0 saturated carbocycles. The van der Waals surface area contributed by atoms with Crippen LogP contribution in [0.2, 0.25) is 0 Å². The van der Waals surface area contributed by atoms with Crippen molar-refractivity contribution in [2.24, 2.45) is 0 Å². The summed E-state index contributed by atoms with van der Waals surface area (Å²) in [6, 6.07) is 151. The fourth-order valence-electron chi connectivity index (χ4n) is 16.8. The van der Waals surface area contributed by atoms with Gasteiger partial charge in [-0.25, -0.2) is 0 Å². The minimum absolute atomic E-state index is 1.01. The van der Waals surface area contributed by atoms with Crippen LogP contribution in [0, 0.1) is 0 Å². The smallest absolute Gasteiger partial charge is 0.0541 e. The molecule has 4 heterocycles. The summed E-state index contributed by atoms with van der Waals surface area (Å²) >= 11 is 0. The van der Waals surface area contributed by atoms with Crippen molar-refractivity contribution in [3.05, 3.63) is 424 Å². The summed E-state index contributed by atoms with van der Waals surface area (Å²) in [7, 11) is 0. The van der Waals surface area contributed by atoms with Crippen LogP contribution in [0.4, 0.5) is 34.1 Å². The summed E-state index contributed by atoms with van der Waals surface area (Å²) < 4.78 is 9.51. The molecular weight excluding hydrogens is 1330 g/mol. The molecule has 110 heavy (non-hydrogen) atoms. The molecule has 0 bridgehead atoms. The van der Waals surface area contributed by atoms with E-state index < -0.39 is 0 Å². The molecule has 0 saturated heterocycles. The highest BCUT2D eigenvalue weighted by Crippen LogP contribution is 2.44. The Morgan fingerprint density at radius 2 is 0.400 bits per heavy atom. The summed E-state index contributed by atoms with van der Waals surface area (Å²) in [5.41, 5.74) is 29.5. The number of anilines is 6. The Balaban J connectivity index is 0.000000144. The normalized spacial score (nSPS) is 11.5. The third kappa shape index (κ3) is 11.5. The molecule has 0 fully saturated rings. The zero-order chi connectivity index (χ0) is 73.0. The first-order valence-electron chi connectivity index (χ1n) is 37.9. The van der Waals surface area contributed by atoms with Gasteiger partial charge in [-0.15, -0.1) is 0 Å².